The molecule has 0 aliphatic heterocycles. The number of aryl methyl sites for hydroxylation is 2. The Kier molecular flexibility index (Phi) is 4.35. The number of halogens is 1. The van der Waals surface area contributed by atoms with E-state index in [4.69, 9.17) is 4.42 Å². The maximum Gasteiger partial charge on any atom is 0.437 e. The molecule has 31 heavy (non-hydrogen) atoms. The Morgan fingerprint density at radius 2 is 1.87 bits per heavy atom. The predicted molar refractivity (Wildman–Crippen MR) is 111 cm³/mol. The molecule has 3 heterocycles. The van der Waals surface area contributed by atoms with Crippen molar-refractivity contribution in [1.82, 2.24) is 24.3 Å². The summed E-state index contributed by atoms with van der Waals surface area (Å²) >= 11 is 0. The second-order valence-corrected chi connectivity index (χ2v) is 8.10. The van der Waals surface area contributed by atoms with Gasteiger partial charge in [-0.3, -0.25) is 9.36 Å². The van der Waals surface area contributed by atoms with Gasteiger partial charge in [-0.25, -0.2) is 19.2 Å². The monoisotopic (exact) mass is 421 g/mol. The van der Waals surface area contributed by atoms with E-state index in [1.165, 1.54) is 15.6 Å². The predicted octanol–water partition coefficient (Wildman–Crippen LogP) is 2.81. The molecule has 9 heteroatoms. The largest absolute Gasteiger partial charge is 0.437 e. The summed E-state index contributed by atoms with van der Waals surface area (Å²) < 4.78 is 22.9. The van der Waals surface area contributed by atoms with Gasteiger partial charge in [0.1, 0.15) is 18.5 Å². The number of alkyl halides is 1. The SMILES string of the molecule is Cc1ccc(C2(F)CC(n3nc(Cn4cnc5nccc(C)c5c4=O)oc3=O)C2)cc1. The Labute approximate surface area is 176 Å². The van der Waals surface area contributed by atoms with Crippen molar-refractivity contribution in [3.05, 3.63) is 86.3 Å². The van der Waals surface area contributed by atoms with E-state index >= 15 is 4.39 Å². The molecule has 0 atom stereocenters. The molecule has 8 nitrogen and oxygen atoms in total. The average molecular weight is 421 g/mol. The third-order valence-electron chi connectivity index (χ3n) is 5.88. The first-order valence-corrected chi connectivity index (χ1v) is 9.99. The number of pyridine rings is 1. The van der Waals surface area contributed by atoms with E-state index in [1.807, 2.05) is 19.1 Å². The van der Waals surface area contributed by atoms with E-state index in [9.17, 15) is 9.59 Å². The quantitative estimate of drug-likeness (QED) is 0.503. The number of benzene rings is 1. The second-order valence-electron chi connectivity index (χ2n) is 8.10. The zero-order chi connectivity index (χ0) is 21.8. The molecule has 1 fully saturated rings. The Morgan fingerprint density at radius 1 is 1.13 bits per heavy atom. The molecular weight excluding hydrogens is 401 g/mol. The smallest absolute Gasteiger partial charge is 0.390 e. The van der Waals surface area contributed by atoms with Crippen LogP contribution in [0, 0.1) is 13.8 Å². The van der Waals surface area contributed by atoms with Crippen LogP contribution in [-0.4, -0.2) is 24.3 Å². The van der Waals surface area contributed by atoms with Crippen LogP contribution >= 0.6 is 0 Å². The molecule has 0 unspecified atom stereocenters. The first-order chi connectivity index (χ1) is 14.8. The lowest BCUT2D eigenvalue weighted by Crippen LogP contribution is -2.41. The van der Waals surface area contributed by atoms with Crippen molar-refractivity contribution in [2.45, 2.75) is 44.9 Å². The van der Waals surface area contributed by atoms with Gasteiger partial charge < -0.3 is 4.42 Å². The molecule has 0 amide bonds. The summed E-state index contributed by atoms with van der Waals surface area (Å²) in [7, 11) is 0. The molecule has 4 aromatic rings. The van der Waals surface area contributed by atoms with E-state index in [2.05, 4.69) is 15.1 Å². The lowest BCUT2D eigenvalue weighted by Gasteiger charge is -2.40. The molecule has 5 rings (SSSR count). The molecule has 1 aliphatic carbocycles. The second kappa shape index (κ2) is 6.97. The zero-order valence-corrected chi connectivity index (χ0v) is 17.1. The summed E-state index contributed by atoms with van der Waals surface area (Å²) in [5.41, 5.74) is 1.000. The van der Waals surface area contributed by atoms with Gasteiger partial charge in [-0.1, -0.05) is 29.8 Å². The average Bonchev–Trinajstić information content (AvgIpc) is 3.08. The molecule has 0 radical (unpaired) electrons. The van der Waals surface area contributed by atoms with Gasteiger partial charge in [-0.2, -0.15) is 4.68 Å². The lowest BCUT2D eigenvalue weighted by atomic mass is 9.73. The van der Waals surface area contributed by atoms with E-state index in [-0.39, 0.29) is 30.8 Å². The fourth-order valence-corrected chi connectivity index (χ4v) is 4.06. The summed E-state index contributed by atoms with van der Waals surface area (Å²) in [4.78, 5) is 33.4. The van der Waals surface area contributed by atoms with Gasteiger partial charge in [-0.05, 0) is 31.0 Å². The number of hydrogen-bond acceptors (Lipinski definition) is 6. The van der Waals surface area contributed by atoms with Gasteiger partial charge >= 0.3 is 5.76 Å². The number of fused-ring (bicyclic) bond motifs is 1. The number of nitrogens with zero attached hydrogens (tertiary/aromatic N) is 5. The topological polar surface area (TPSA) is 95.8 Å². The fraction of sp³-hybridized carbons (Fsp3) is 0.318. The van der Waals surface area contributed by atoms with Crippen molar-refractivity contribution < 1.29 is 8.81 Å². The van der Waals surface area contributed by atoms with Crippen molar-refractivity contribution in [3.8, 4) is 0 Å². The van der Waals surface area contributed by atoms with Gasteiger partial charge in [0.15, 0.2) is 5.65 Å². The number of rotatable bonds is 4. The van der Waals surface area contributed by atoms with E-state index in [0.717, 1.165) is 11.1 Å². The summed E-state index contributed by atoms with van der Waals surface area (Å²) in [5.74, 6) is -0.591. The number of hydrogen-bond donors (Lipinski definition) is 0. The molecule has 0 bridgehead atoms. The third-order valence-corrected chi connectivity index (χ3v) is 5.88. The Morgan fingerprint density at radius 3 is 2.61 bits per heavy atom. The summed E-state index contributed by atoms with van der Waals surface area (Å²) in [6.07, 6.45) is 3.23. The van der Waals surface area contributed by atoms with Gasteiger partial charge in [0, 0.05) is 19.0 Å². The highest BCUT2D eigenvalue weighted by Crippen LogP contribution is 2.50. The van der Waals surface area contributed by atoms with Crippen LogP contribution < -0.4 is 11.3 Å². The van der Waals surface area contributed by atoms with Crippen LogP contribution in [0.4, 0.5) is 4.39 Å². The van der Waals surface area contributed by atoms with Crippen molar-refractivity contribution in [2.75, 3.05) is 0 Å². The highest BCUT2D eigenvalue weighted by atomic mass is 19.1. The van der Waals surface area contributed by atoms with Gasteiger partial charge in [0.25, 0.3) is 5.56 Å². The summed E-state index contributed by atoms with van der Waals surface area (Å²) in [5, 5.41) is 4.62. The van der Waals surface area contributed by atoms with Crippen molar-refractivity contribution in [2.24, 2.45) is 0 Å². The normalized spacial score (nSPS) is 20.7. The van der Waals surface area contributed by atoms with Crippen LogP contribution in [0.15, 0.2) is 56.9 Å². The van der Waals surface area contributed by atoms with Crippen molar-refractivity contribution in [1.29, 1.82) is 0 Å². The summed E-state index contributed by atoms with van der Waals surface area (Å²) in [6.45, 7) is 3.70. The summed E-state index contributed by atoms with van der Waals surface area (Å²) in [6, 6.07) is 8.64. The van der Waals surface area contributed by atoms with Gasteiger partial charge in [0.2, 0.25) is 5.89 Å². The van der Waals surface area contributed by atoms with E-state index in [1.54, 1.807) is 31.3 Å². The molecule has 0 saturated heterocycles. The van der Waals surface area contributed by atoms with Crippen LogP contribution in [-0.2, 0) is 12.2 Å². The zero-order valence-electron chi connectivity index (χ0n) is 17.1. The molecule has 158 valence electrons. The molecule has 0 N–H and O–H groups in total. The van der Waals surface area contributed by atoms with Crippen molar-refractivity contribution >= 4 is 11.0 Å². The standard InChI is InChI=1S/C22H20FN5O3/c1-13-3-5-15(6-4-13)22(23)9-16(10-22)28-21(30)31-17(26-28)11-27-12-25-19-18(20(27)29)14(2)7-8-24-19/h3-8,12,16H,9-11H2,1-2H3. The fourth-order valence-electron chi connectivity index (χ4n) is 4.06. The van der Waals surface area contributed by atoms with Crippen LogP contribution in [0.25, 0.3) is 11.0 Å². The highest BCUT2D eigenvalue weighted by Gasteiger charge is 2.48. The van der Waals surface area contributed by atoms with Gasteiger partial charge in [-0.15, -0.1) is 5.10 Å². The maximum absolute atomic E-state index is 15.2. The minimum atomic E-state index is -1.49. The Hall–Kier alpha value is -3.62. The van der Waals surface area contributed by atoms with E-state index < -0.39 is 17.5 Å². The molecule has 0 spiro atoms. The van der Waals surface area contributed by atoms with Crippen LogP contribution in [0.3, 0.4) is 0 Å². The van der Waals surface area contributed by atoms with Crippen LogP contribution in [0.5, 0.6) is 0 Å². The minimum Gasteiger partial charge on any atom is -0.390 e. The molecule has 3 aromatic heterocycles. The van der Waals surface area contributed by atoms with Crippen LogP contribution in [0.1, 0.15) is 41.5 Å². The molecular formula is C22H20FN5O3. The Balaban J connectivity index is 1.38. The highest BCUT2D eigenvalue weighted by molar-refractivity contribution is 5.76. The van der Waals surface area contributed by atoms with Gasteiger partial charge in [0.05, 0.1) is 11.4 Å². The molecule has 1 aromatic carbocycles. The third kappa shape index (κ3) is 3.26. The minimum absolute atomic E-state index is 0.0518. The number of aromatic nitrogens is 5. The molecule has 1 saturated carbocycles. The maximum atomic E-state index is 15.2. The lowest BCUT2D eigenvalue weighted by molar-refractivity contribution is 0.00178. The van der Waals surface area contributed by atoms with Crippen LogP contribution in [0.2, 0.25) is 0 Å². The first kappa shape index (κ1) is 19.3. The van der Waals surface area contributed by atoms with E-state index in [0.29, 0.717) is 16.6 Å². The Bertz CT molecular complexity index is 1400. The molecule has 1 aliphatic rings. The first-order valence-electron chi connectivity index (χ1n) is 9.99. The van der Waals surface area contributed by atoms with Crippen molar-refractivity contribution in [3.63, 3.8) is 0 Å².